The molecule has 7 heteroatoms. The number of carbonyl (C=O) groups excluding carboxylic acids is 1. The van der Waals surface area contributed by atoms with Crippen LogP contribution in [0.2, 0.25) is 0 Å². The lowest BCUT2D eigenvalue weighted by molar-refractivity contribution is -0.140. The summed E-state index contributed by atoms with van der Waals surface area (Å²) < 4.78 is 1.90. The van der Waals surface area contributed by atoms with Gasteiger partial charge in [-0.05, 0) is 39.7 Å². The van der Waals surface area contributed by atoms with Gasteiger partial charge in [0.15, 0.2) is 0 Å². The van der Waals surface area contributed by atoms with Crippen LogP contribution in [0.3, 0.4) is 0 Å². The Morgan fingerprint density at radius 2 is 1.96 bits per heavy atom. The molecule has 1 amide bonds. The van der Waals surface area contributed by atoms with Gasteiger partial charge >= 0.3 is 0 Å². The number of rotatable bonds is 4. The molecule has 4 heterocycles. The molecule has 0 radical (unpaired) electrons. The highest BCUT2D eigenvalue weighted by Gasteiger charge is 2.41. The van der Waals surface area contributed by atoms with Gasteiger partial charge in [-0.15, -0.1) is 0 Å². The van der Waals surface area contributed by atoms with Gasteiger partial charge in [-0.3, -0.25) is 24.3 Å². The van der Waals surface area contributed by atoms with Crippen molar-refractivity contribution in [3.05, 3.63) is 41.2 Å². The van der Waals surface area contributed by atoms with Crippen molar-refractivity contribution in [2.75, 3.05) is 19.6 Å². The van der Waals surface area contributed by atoms with E-state index in [1.165, 1.54) is 18.4 Å². The first-order valence-electron chi connectivity index (χ1n) is 10.2. The number of nitrogens with zero attached hydrogens (tertiary/aromatic N) is 6. The van der Waals surface area contributed by atoms with E-state index < -0.39 is 0 Å². The van der Waals surface area contributed by atoms with E-state index in [1.807, 2.05) is 23.6 Å². The lowest BCUT2D eigenvalue weighted by atomic mass is 9.73. The number of hydrogen-bond acceptors (Lipinski definition) is 5. The van der Waals surface area contributed by atoms with Crippen LogP contribution in [0.4, 0.5) is 0 Å². The van der Waals surface area contributed by atoms with E-state index in [4.69, 9.17) is 0 Å². The number of likely N-dealkylation sites (tertiary alicyclic amines) is 2. The minimum absolute atomic E-state index is 0.195. The second-order valence-electron chi connectivity index (χ2n) is 8.63. The van der Waals surface area contributed by atoms with E-state index in [2.05, 4.69) is 33.1 Å². The Balaban J connectivity index is 1.44. The van der Waals surface area contributed by atoms with Crippen LogP contribution in [0.25, 0.3) is 0 Å². The molecule has 0 aliphatic carbocycles. The summed E-state index contributed by atoms with van der Waals surface area (Å²) in [6, 6.07) is 0. The summed E-state index contributed by atoms with van der Waals surface area (Å²) in [5.41, 5.74) is 4.38. The Hall–Kier alpha value is -2.28. The molecular formula is C21H30N6O. The van der Waals surface area contributed by atoms with Crippen molar-refractivity contribution < 1.29 is 4.79 Å². The lowest BCUT2D eigenvalue weighted by Gasteiger charge is -2.48. The normalized spacial score (nSPS) is 23.5. The summed E-state index contributed by atoms with van der Waals surface area (Å²) in [4.78, 5) is 25.9. The standard InChI is InChI=1S/C21H30N6O/c1-16-9-23-19(10-22-16)13-27-15-21(7-5-20(27)28)6-4-8-26(14-21)12-18-11-25(3)24-17(18)2/h9-11H,4-8,12-15H2,1-3H3/t21-/m0/s1. The lowest BCUT2D eigenvalue weighted by Crippen LogP contribution is -2.53. The van der Waals surface area contributed by atoms with E-state index in [1.54, 1.807) is 12.4 Å². The first-order valence-corrected chi connectivity index (χ1v) is 10.2. The first kappa shape index (κ1) is 19.1. The van der Waals surface area contributed by atoms with Crippen molar-refractivity contribution in [1.82, 2.24) is 29.5 Å². The third kappa shape index (κ3) is 4.09. The quantitative estimate of drug-likeness (QED) is 0.811. The van der Waals surface area contributed by atoms with Crippen molar-refractivity contribution in [3.8, 4) is 0 Å². The molecule has 2 aliphatic heterocycles. The zero-order valence-electron chi connectivity index (χ0n) is 17.2. The molecule has 2 aromatic rings. The highest BCUT2D eigenvalue weighted by Crippen LogP contribution is 2.39. The van der Waals surface area contributed by atoms with Gasteiger partial charge in [-0.25, -0.2) is 0 Å². The van der Waals surface area contributed by atoms with Gasteiger partial charge in [0, 0.05) is 56.5 Å². The van der Waals surface area contributed by atoms with Crippen LogP contribution < -0.4 is 0 Å². The van der Waals surface area contributed by atoms with Gasteiger partial charge < -0.3 is 4.90 Å². The summed E-state index contributed by atoms with van der Waals surface area (Å²) in [6.07, 6.45) is 9.71. The van der Waals surface area contributed by atoms with Gasteiger partial charge in [-0.1, -0.05) is 0 Å². The summed E-state index contributed by atoms with van der Waals surface area (Å²) in [6.45, 7) is 8.51. The fraction of sp³-hybridized carbons (Fsp3) is 0.619. The number of aryl methyl sites for hydroxylation is 3. The third-order valence-electron chi connectivity index (χ3n) is 6.18. The number of aromatic nitrogens is 4. The number of amides is 1. The van der Waals surface area contributed by atoms with Crippen molar-refractivity contribution >= 4 is 5.91 Å². The summed E-state index contributed by atoms with van der Waals surface area (Å²) in [5, 5.41) is 4.48. The molecule has 1 atom stereocenters. The van der Waals surface area contributed by atoms with Crippen LogP contribution in [0, 0.1) is 19.3 Å². The average Bonchev–Trinajstić information content (AvgIpc) is 2.97. The van der Waals surface area contributed by atoms with Crippen LogP contribution in [-0.2, 0) is 24.9 Å². The Morgan fingerprint density at radius 3 is 2.68 bits per heavy atom. The maximum atomic E-state index is 12.6. The van der Waals surface area contributed by atoms with Crippen molar-refractivity contribution in [3.63, 3.8) is 0 Å². The molecule has 150 valence electrons. The Labute approximate surface area is 166 Å². The van der Waals surface area contributed by atoms with Crippen LogP contribution >= 0.6 is 0 Å². The zero-order chi connectivity index (χ0) is 19.7. The van der Waals surface area contributed by atoms with Crippen molar-refractivity contribution in [2.24, 2.45) is 12.5 Å². The van der Waals surface area contributed by atoms with E-state index in [9.17, 15) is 4.79 Å². The van der Waals surface area contributed by atoms with Crippen LogP contribution in [0.15, 0.2) is 18.6 Å². The molecule has 0 unspecified atom stereocenters. The van der Waals surface area contributed by atoms with Gasteiger partial charge in [0.2, 0.25) is 5.91 Å². The highest BCUT2D eigenvalue weighted by molar-refractivity contribution is 5.77. The van der Waals surface area contributed by atoms with E-state index >= 15 is 0 Å². The molecule has 2 aromatic heterocycles. The smallest absolute Gasteiger partial charge is 0.222 e. The zero-order valence-corrected chi connectivity index (χ0v) is 17.2. The minimum Gasteiger partial charge on any atom is -0.336 e. The largest absolute Gasteiger partial charge is 0.336 e. The van der Waals surface area contributed by atoms with Gasteiger partial charge in [0.05, 0.1) is 29.8 Å². The topological polar surface area (TPSA) is 67.2 Å². The molecule has 0 N–H and O–H groups in total. The predicted molar refractivity (Wildman–Crippen MR) is 106 cm³/mol. The molecule has 1 spiro atoms. The molecule has 4 rings (SSSR count). The highest BCUT2D eigenvalue weighted by atomic mass is 16.2. The molecule has 7 nitrogen and oxygen atoms in total. The van der Waals surface area contributed by atoms with Gasteiger partial charge in [0.1, 0.15) is 0 Å². The monoisotopic (exact) mass is 382 g/mol. The second kappa shape index (κ2) is 7.62. The van der Waals surface area contributed by atoms with E-state index in [0.29, 0.717) is 13.0 Å². The molecule has 0 saturated carbocycles. The third-order valence-corrected chi connectivity index (χ3v) is 6.18. The van der Waals surface area contributed by atoms with Crippen molar-refractivity contribution in [2.45, 2.75) is 52.6 Å². The molecule has 28 heavy (non-hydrogen) atoms. The predicted octanol–water partition coefficient (Wildman–Crippen LogP) is 2.23. The second-order valence-corrected chi connectivity index (χ2v) is 8.63. The van der Waals surface area contributed by atoms with Crippen LogP contribution in [0.5, 0.6) is 0 Å². The summed E-state index contributed by atoms with van der Waals surface area (Å²) >= 11 is 0. The van der Waals surface area contributed by atoms with E-state index in [-0.39, 0.29) is 11.3 Å². The van der Waals surface area contributed by atoms with E-state index in [0.717, 1.165) is 49.7 Å². The Bertz CT molecular complexity index is 845. The molecule has 0 bridgehead atoms. The maximum Gasteiger partial charge on any atom is 0.222 e. The Kier molecular flexibility index (Phi) is 5.19. The Morgan fingerprint density at radius 1 is 1.11 bits per heavy atom. The SMILES string of the molecule is Cc1cnc(CN2C[C@@]3(CCCN(Cc4cn(C)nc4C)C3)CCC2=O)cn1. The van der Waals surface area contributed by atoms with Gasteiger partial charge in [-0.2, -0.15) is 5.10 Å². The first-order chi connectivity index (χ1) is 13.4. The molecule has 0 aromatic carbocycles. The number of carbonyl (C=O) groups is 1. The molecular weight excluding hydrogens is 352 g/mol. The maximum absolute atomic E-state index is 12.6. The van der Waals surface area contributed by atoms with Crippen LogP contribution in [-0.4, -0.2) is 55.1 Å². The minimum atomic E-state index is 0.195. The fourth-order valence-electron chi connectivity index (χ4n) is 4.77. The fourth-order valence-corrected chi connectivity index (χ4v) is 4.77. The summed E-state index contributed by atoms with van der Waals surface area (Å²) in [5.74, 6) is 0.244. The molecule has 2 fully saturated rings. The van der Waals surface area contributed by atoms with Crippen molar-refractivity contribution in [1.29, 1.82) is 0 Å². The van der Waals surface area contributed by atoms with Gasteiger partial charge in [0.25, 0.3) is 0 Å². The average molecular weight is 383 g/mol. The van der Waals surface area contributed by atoms with Crippen LogP contribution in [0.1, 0.15) is 48.3 Å². The molecule has 2 aliphatic rings. The number of hydrogen-bond donors (Lipinski definition) is 0. The number of piperidine rings is 2. The molecule has 2 saturated heterocycles. The summed E-state index contributed by atoms with van der Waals surface area (Å²) in [7, 11) is 1.98.